The highest BCUT2D eigenvalue weighted by atomic mass is 19.1. The Kier molecular flexibility index (Phi) is 7.36. The smallest absolute Gasteiger partial charge is 0.290 e. The molecular weight excluding hydrogens is 395 g/mol. The summed E-state index contributed by atoms with van der Waals surface area (Å²) >= 11 is 0. The van der Waals surface area contributed by atoms with Gasteiger partial charge in [0, 0.05) is 13.1 Å². The van der Waals surface area contributed by atoms with E-state index in [2.05, 4.69) is 4.90 Å². The van der Waals surface area contributed by atoms with Crippen LogP contribution in [0.15, 0.2) is 72.0 Å². The van der Waals surface area contributed by atoms with Crippen molar-refractivity contribution < 1.29 is 19.1 Å². The normalized spacial score (nSPS) is 16.7. The SMILES string of the molecule is CCN(CC)CCN1C(=O)C(O)=C(C(=O)C=Cc2ccccc2)C1c1cccc(F)c1. The van der Waals surface area contributed by atoms with Crippen molar-refractivity contribution in [3.8, 4) is 0 Å². The van der Waals surface area contributed by atoms with Gasteiger partial charge in [0.05, 0.1) is 11.6 Å². The molecule has 1 aliphatic rings. The van der Waals surface area contributed by atoms with Gasteiger partial charge in [-0.2, -0.15) is 0 Å². The van der Waals surface area contributed by atoms with Crippen LogP contribution in [0.1, 0.15) is 31.0 Å². The molecule has 1 N–H and O–H groups in total. The number of benzene rings is 2. The average molecular weight is 423 g/mol. The number of likely N-dealkylation sites (N-methyl/N-ethyl adjacent to an activating group) is 1. The Hall–Kier alpha value is -3.25. The summed E-state index contributed by atoms with van der Waals surface area (Å²) in [7, 11) is 0. The molecule has 3 rings (SSSR count). The van der Waals surface area contributed by atoms with Gasteiger partial charge < -0.3 is 14.9 Å². The Balaban J connectivity index is 1.95. The van der Waals surface area contributed by atoms with Gasteiger partial charge in [-0.15, -0.1) is 0 Å². The van der Waals surface area contributed by atoms with Crippen molar-refractivity contribution in [3.63, 3.8) is 0 Å². The lowest BCUT2D eigenvalue weighted by atomic mass is 9.95. The van der Waals surface area contributed by atoms with Crippen molar-refractivity contribution in [1.29, 1.82) is 0 Å². The average Bonchev–Trinajstić information content (AvgIpc) is 3.04. The van der Waals surface area contributed by atoms with Crippen molar-refractivity contribution >= 4 is 17.8 Å². The molecule has 0 saturated carbocycles. The number of carbonyl (C=O) groups is 2. The molecule has 0 saturated heterocycles. The highest BCUT2D eigenvalue weighted by Gasteiger charge is 2.42. The molecule has 2 aromatic rings. The molecule has 1 aliphatic heterocycles. The van der Waals surface area contributed by atoms with E-state index >= 15 is 0 Å². The van der Waals surface area contributed by atoms with Gasteiger partial charge in [0.15, 0.2) is 11.5 Å². The van der Waals surface area contributed by atoms with E-state index in [1.54, 1.807) is 12.1 Å². The lowest BCUT2D eigenvalue weighted by Gasteiger charge is -2.29. The fourth-order valence-corrected chi connectivity index (χ4v) is 3.77. The van der Waals surface area contributed by atoms with Crippen LogP contribution < -0.4 is 0 Å². The third-order valence-corrected chi connectivity index (χ3v) is 5.51. The number of carbonyl (C=O) groups excluding carboxylic acids is 2. The predicted molar refractivity (Wildman–Crippen MR) is 119 cm³/mol. The van der Waals surface area contributed by atoms with Gasteiger partial charge in [0.2, 0.25) is 0 Å². The fraction of sp³-hybridized carbons (Fsp3) is 0.280. The van der Waals surface area contributed by atoms with E-state index in [9.17, 15) is 19.1 Å². The molecule has 0 aromatic heterocycles. The van der Waals surface area contributed by atoms with Crippen molar-refractivity contribution in [2.45, 2.75) is 19.9 Å². The minimum atomic E-state index is -0.841. The first-order valence-corrected chi connectivity index (χ1v) is 10.5. The summed E-state index contributed by atoms with van der Waals surface area (Å²) in [5, 5.41) is 10.6. The third-order valence-electron chi connectivity index (χ3n) is 5.51. The number of rotatable bonds is 9. The summed E-state index contributed by atoms with van der Waals surface area (Å²) in [5.74, 6) is -2.13. The Labute approximate surface area is 182 Å². The zero-order valence-corrected chi connectivity index (χ0v) is 17.8. The van der Waals surface area contributed by atoms with Crippen molar-refractivity contribution in [2.24, 2.45) is 0 Å². The summed E-state index contributed by atoms with van der Waals surface area (Å²) < 4.78 is 14.0. The second-order valence-electron chi connectivity index (χ2n) is 7.35. The summed E-state index contributed by atoms with van der Waals surface area (Å²) in [6, 6.07) is 14.2. The standard InChI is InChI=1S/C25H27FN2O3/c1-3-27(4-2)15-16-28-23(19-11-8-12-20(26)17-19)22(24(30)25(28)31)21(29)14-13-18-9-6-5-7-10-18/h5-14,17,23,30H,3-4,15-16H2,1-2H3. The van der Waals surface area contributed by atoms with Gasteiger partial charge in [-0.05, 0) is 42.4 Å². The second-order valence-corrected chi connectivity index (χ2v) is 7.35. The van der Waals surface area contributed by atoms with Gasteiger partial charge in [0.1, 0.15) is 5.82 Å². The fourth-order valence-electron chi connectivity index (χ4n) is 3.77. The summed E-state index contributed by atoms with van der Waals surface area (Å²) in [5.41, 5.74) is 1.25. The number of hydrogen-bond donors (Lipinski definition) is 1. The summed E-state index contributed by atoms with van der Waals surface area (Å²) in [6.07, 6.45) is 2.97. The highest BCUT2D eigenvalue weighted by molar-refractivity contribution is 6.14. The van der Waals surface area contributed by atoms with Gasteiger partial charge in [-0.3, -0.25) is 9.59 Å². The Morgan fingerprint density at radius 2 is 1.84 bits per heavy atom. The molecule has 162 valence electrons. The maximum absolute atomic E-state index is 14.0. The van der Waals surface area contributed by atoms with Gasteiger partial charge in [0.25, 0.3) is 5.91 Å². The largest absolute Gasteiger partial charge is 0.503 e. The van der Waals surface area contributed by atoms with Crippen molar-refractivity contribution in [1.82, 2.24) is 9.80 Å². The van der Waals surface area contributed by atoms with E-state index in [0.29, 0.717) is 18.7 Å². The molecule has 1 heterocycles. The van der Waals surface area contributed by atoms with Crippen LogP contribution in [0.25, 0.3) is 6.08 Å². The first-order valence-electron chi connectivity index (χ1n) is 10.5. The molecule has 0 bridgehead atoms. The molecular formula is C25H27FN2O3. The van der Waals surface area contributed by atoms with Crippen LogP contribution >= 0.6 is 0 Å². The van der Waals surface area contributed by atoms with Crippen LogP contribution in [0.3, 0.4) is 0 Å². The maximum atomic E-state index is 14.0. The molecule has 31 heavy (non-hydrogen) atoms. The molecule has 0 spiro atoms. The van der Waals surface area contributed by atoms with Crippen molar-refractivity contribution in [2.75, 3.05) is 26.2 Å². The predicted octanol–water partition coefficient (Wildman–Crippen LogP) is 4.15. The molecule has 1 atom stereocenters. The minimum absolute atomic E-state index is 0.0256. The number of nitrogens with zero attached hydrogens (tertiary/aromatic N) is 2. The third kappa shape index (κ3) is 5.09. The quantitative estimate of drug-likeness (QED) is 0.617. The summed E-state index contributed by atoms with van der Waals surface area (Å²) in [6.45, 7) is 6.57. The van der Waals surface area contributed by atoms with Crippen LogP contribution in [0.2, 0.25) is 0 Å². The van der Waals surface area contributed by atoms with Gasteiger partial charge in [-0.1, -0.05) is 62.4 Å². The number of amides is 1. The number of hydrogen-bond acceptors (Lipinski definition) is 4. The number of ketones is 1. The zero-order chi connectivity index (χ0) is 22.4. The number of aliphatic hydroxyl groups excluding tert-OH is 1. The number of allylic oxidation sites excluding steroid dienone is 1. The Morgan fingerprint density at radius 1 is 1.13 bits per heavy atom. The van der Waals surface area contributed by atoms with Crippen molar-refractivity contribution in [3.05, 3.63) is 88.9 Å². The van der Waals surface area contributed by atoms with Crippen LogP contribution in [-0.4, -0.2) is 52.8 Å². The summed E-state index contributed by atoms with van der Waals surface area (Å²) in [4.78, 5) is 29.5. The lowest BCUT2D eigenvalue weighted by molar-refractivity contribution is -0.129. The van der Waals surface area contributed by atoms with E-state index in [0.717, 1.165) is 18.7 Å². The lowest BCUT2D eigenvalue weighted by Crippen LogP contribution is -2.38. The molecule has 0 aliphatic carbocycles. The molecule has 6 heteroatoms. The number of halogens is 1. The first kappa shape index (κ1) is 22.4. The van der Waals surface area contributed by atoms with E-state index in [4.69, 9.17) is 0 Å². The van der Waals surface area contributed by atoms with Crippen LogP contribution in [0.4, 0.5) is 4.39 Å². The highest BCUT2D eigenvalue weighted by Crippen LogP contribution is 2.38. The zero-order valence-electron chi connectivity index (χ0n) is 17.8. The molecule has 5 nitrogen and oxygen atoms in total. The Bertz CT molecular complexity index is 997. The minimum Gasteiger partial charge on any atom is -0.503 e. The maximum Gasteiger partial charge on any atom is 0.290 e. The number of aliphatic hydroxyl groups is 1. The molecule has 2 aromatic carbocycles. The molecule has 1 unspecified atom stereocenters. The van der Waals surface area contributed by atoms with E-state index in [-0.39, 0.29) is 5.57 Å². The molecule has 0 radical (unpaired) electrons. The van der Waals surface area contributed by atoms with Crippen LogP contribution in [-0.2, 0) is 9.59 Å². The van der Waals surface area contributed by atoms with Crippen LogP contribution in [0.5, 0.6) is 0 Å². The first-order chi connectivity index (χ1) is 15.0. The molecule has 0 fully saturated rings. The second kappa shape index (κ2) is 10.2. The van der Waals surface area contributed by atoms with E-state index < -0.39 is 29.3 Å². The van der Waals surface area contributed by atoms with E-state index in [1.807, 2.05) is 44.2 Å². The Morgan fingerprint density at radius 3 is 2.48 bits per heavy atom. The van der Waals surface area contributed by atoms with Gasteiger partial charge >= 0.3 is 0 Å². The van der Waals surface area contributed by atoms with Gasteiger partial charge in [-0.25, -0.2) is 4.39 Å². The van der Waals surface area contributed by atoms with Crippen LogP contribution in [0, 0.1) is 5.82 Å². The topological polar surface area (TPSA) is 60.9 Å². The monoisotopic (exact) mass is 422 g/mol. The molecule has 1 amide bonds. The van der Waals surface area contributed by atoms with E-state index in [1.165, 1.54) is 29.2 Å².